The minimum absolute atomic E-state index is 0.0711. The van der Waals surface area contributed by atoms with Gasteiger partial charge in [-0.25, -0.2) is 8.42 Å². The number of benzene rings is 3. The first-order valence-corrected chi connectivity index (χ1v) is 16.5. The standard InChI is InChI=1S/C31H36Cl3N3O5S/c1-5-21(4)35-31(39)27(6-2)36(19-24-25(33)11-10-12-26(24)34)30(38)20-37(28-13-8-9-14-29(28)42-7-3)43(40,41)23-17-15-22(32)16-18-23/h8-18,21,27H,5-7,19-20H2,1-4H3,(H,35,39)/t21-,27+/m1/s1. The predicted molar refractivity (Wildman–Crippen MR) is 173 cm³/mol. The highest BCUT2D eigenvalue weighted by atomic mass is 35.5. The van der Waals surface area contributed by atoms with Crippen molar-refractivity contribution in [2.24, 2.45) is 0 Å². The van der Waals surface area contributed by atoms with E-state index in [9.17, 15) is 18.0 Å². The van der Waals surface area contributed by atoms with Crippen LogP contribution in [0.5, 0.6) is 5.75 Å². The Labute approximate surface area is 268 Å². The minimum Gasteiger partial charge on any atom is -0.492 e. The Balaban J connectivity index is 2.15. The molecule has 232 valence electrons. The molecule has 0 saturated heterocycles. The fraction of sp³-hybridized carbons (Fsp3) is 0.355. The molecule has 2 amide bonds. The fourth-order valence-electron chi connectivity index (χ4n) is 4.40. The molecule has 0 spiro atoms. The van der Waals surface area contributed by atoms with E-state index in [0.29, 0.717) is 27.1 Å². The first kappa shape index (κ1) is 34.5. The Morgan fingerprint density at radius 3 is 2.09 bits per heavy atom. The van der Waals surface area contributed by atoms with Gasteiger partial charge in [-0.15, -0.1) is 0 Å². The highest BCUT2D eigenvalue weighted by molar-refractivity contribution is 7.92. The van der Waals surface area contributed by atoms with Gasteiger partial charge in [0.25, 0.3) is 10.0 Å². The third kappa shape index (κ3) is 8.56. The maximum Gasteiger partial charge on any atom is 0.264 e. The highest BCUT2D eigenvalue weighted by Gasteiger charge is 2.35. The van der Waals surface area contributed by atoms with Crippen molar-refractivity contribution >= 4 is 62.3 Å². The molecule has 0 saturated carbocycles. The van der Waals surface area contributed by atoms with Crippen LogP contribution in [-0.4, -0.2) is 50.4 Å². The number of para-hydroxylation sites is 2. The summed E-state index contributed by atoms with van der Waals surface area (Å²) in [7, 11) is -4.31. The summed E-state index contributed by atoms with van der Waals surface area (Å²) in [6.07, 6.45) is 0.948. The Bertz CT molecular complexity index is 1500. The van der Waals surface area contributed by atoms with Crippen LogP contribution in [0.4, 0.5) is 5.69 Å². The maximum atomic E-state index is 14.3. The van der Waals surface area contributed by atoms with Crippen LogP contribution >= 0.6 is 34.8 Å². The van der Waals surface area contributed by atoms with E-state index in [2.05, 4.69) is 5.32 Å². The van der Waals surface area contributed by atoms with Gasteiger partial charge in [-0.2, -0.15) is 0 Å². The maximum absolute atomic E-state index is 14.3. The number of nitrogens with one attached hydrogen (secondary N) is 1. The minimum atomic E-state index is -4.31. The molecule has 43 heavy (non-hydrogen) atoms. The number of carbonyl (C=O) groups is 2. The van der Waals surface area contributed by atoms with Crippen LogP contribution in [0.1, 0.15) is 46.1 Å². The van der Waals surface area contributed by atoms with E-state index >= 15 is 0 Å². The molecule has 0 heterocycles. The number of hydrogen-bond donors (Lipinski definition) is 1. The summed E-state index contributed by atoms with van der Waals surface area (Å²) in [5, 5.41) is 3.93. The molecule has 3 aromatic carbocycles. The zero-order valence-electron chi connectivity index (χ0n) is 24.5. The van der Waals surface area contributed by atoms with E-state index in [1.165, 1.54) is 29.2 Å². The second kappa shape index (κ2) is 15.7. The molecule has 0 unspecified atom stereocenters. The second-order valence-electron chi connectivity index (χ2n) is 9.83. The normalized spacial score (nSPS) is 12.7. The quantitative estimate of drug-likeness (QED) is 0.200. The molecule has 0 bridgehead atoms. The first-order valence-electron chi connectivity index (χ1n) is 14.0. The van der Waals surface area contributed by atoms with Gasteiger partial charge in [0, 0.05) is 33.2 Å². The summed E-state index contributed by atoms with van der Waals surface area (Å²) in [6.45, 7) is 6.87. The topological polar surface area (TPSA) is 96.0 Å². The van der Waals surface area contributed by atoms with Crippen LogP contribution in [0.3, 0.4) is 0 Å². The number of carbonyl (C=O) groups excluding carboxylic acids is 2. The SMILES string of the molecule is CCOc1ccccc1N(CC(=O)N(Cc1c(Cl)cccc1Cl)[C@@H](CC)C(=O)N[C@H](C)CC)S(=O)(=O)c1ccc(Cl)cc1. The van der Waals surface area contributed by atoms with Crippen molar-refractivity contribution in [2.45, 2.75) is 64.1 Å². The van der Waals surface area contributed by atoms with E-state index in [4.69, 9.17) is 39.5 Å². The van der Waals surface area contributed by atoms with Crippen molar-refractivity contribution in [1.82, 2.24) is 10.2 Å². The van der Waals surface area contributed by atoms with Crippen LogP contribution in [0.25, 0.3) is 0 Å². The first-order chi connectivity index (χ1) is 20.4. The van der Waals surface area contributed by atoms with Crippen molar-refractivity contribution < 1.29 is 22.7 Å². The zero-order chi connectivity index (χ0) is 31.7. The smallest absolute Gasteiger partial charge is 0.264 e. The molecule has 8 nitrogen and oxygen atoms in total. The lowest BCUT2D eigenvalue weighted by Crippen LogP contribution is -2.53. The van der Waals surface area contributed by atoms with Crippen molar-refractivity contribution in [2.75, 3.05) is 17.5 Å². The van der Waals surface area contributed by atoms with Gasteiger partial charge in [0.1, 0.15) is 18.3 Å². The van der Waals surface area contributed by atoms with Gasteiger partial charge in [-0.3, -0.25) is 13.9 Å². The Morgan fingerprint density at radius 2 is 1.51 bits per heavy atom. The van der Waals surface area contributed by atoms with E-state index in [1.807, 2.05) is 13.8 Å². The molecule has 0 aromatic heterocycles. The van der Waals surface area contributed by atoms with E-state index in [0.717, 1.165) is 4.31 Å². The lowest BCUT2D eigenvalue weighted by atomic mass is 10.1. The molecule has 0 fully saturated rings. The van der Waals surface area contributed by atoms with Crippen LogP contribution in [-0.2, 0) is 26.2 Å². The lowest BCUT2D eigenvalue weighted by molar-refractivity contribution is -0.140. The summed E-state index contributed by atoms with van der Waals surface area (Å²) < 4.78 is 35.0. The molecule has 3 aromatic rings. The molecule has 3 rings (SSSR count). The fourth-order valence-corrected chi connectivity index (χ4v) is 6.47. The molecule has 12 heteroatoms. The monoisotopic (exact) mass is 667 g/mol. The molecule has 1 N–H and O–H groups in total. The van der Waals surface area contributed by atoms with Gasteiger partial charge in [-0.1, -0.05) is 66.8 Å². The molecule has 0 radical (unpaired) electrons. The Hall–Kier alpha value is -2.98. The number of hydrogen-bond acceptors (Lipinski definition) is 5. The van der Waals surface area contributed by atoms with E-state index in [-0.39, 0.29) is 47.9 Å². The van der Waals surface area contributed by atoms with Gasteiger partial charge in [0.2, 0.25) is 11.8 Å². The van der Waals surface area contributed by atoms with Crippen molar-refractivity contribution in [3.8, 4) is 5.75 Å². The predicted octanol–water partition coefficient (Wildman–Crippen LogP) is 6.96. The molecular formula is C31H36Cl3N3O5S. The molecule has 2 atom stereocenters. The van der Waals surface area contributed by atoms with Gasteiger partial charge < -0.3 is 15.0 Å². The lowest BCUT2D eigenvalue weighted by Gasteiger charge is -2.34. The molecule has 0 aliphatic heterocycles. The second-order valence-corrected chi connectivity index (χ2v) is 12.9. The summed E-state index contributed by atoms with van der Waals surface area (Å²) in [4.78, 5) is 29.0. The summed E-state index contributed by atoms with van der Waals surface area (Å²) in [5.74, 6) is -0.723. The summed E-state index contributed by atoms with van der Waals surface area (Å²) in [6, 6.07) is 16.1. The number of nitrogens with zero attached hydrogens (tertiary/aromatic N) is 2. The van der Waals surface area contributed by atoms with Crippen molar-refractivity contribution in [1.29, 1.82) is 0 Å². The van der Waals surface area contributed by atoms with Crippen molar-refractivity contribution in [3.05, 3.63) is 87.4 Å². The summed E-state index contributed by atoms with van der Waals surface area (Å²) >= 11 is 19.0. The highest BCUT2D eigenvalue weighted by Crippen LogP contribution is 2.34. The van der Waals surface area contributed by atoms with Gasteiger partial charge in [0.15, 0.2) is 0 Å². The van der Waals surface area contributed by atoms with E-state index < -0.39 is 28.5 Å². The zero-order valence-corrected chi connectivity index (χ0v) is 27.6. The number of sulfonamides is 1. The molecular weight excluding hydrogens is 633 g/mol. The largest absolute Gasteiger partial charge is 0.492 e. The van der Waals surface area contributed by atoms with Crippen molar-refractivity contribution in [3.63, 3.8) is 0 Å². The Morgan fingerprint density at radius 1 is 0.884 bits per heavy atom. The summed E-state index contributed by atoms with van der Waals surface area (Å²) in [5.41, 5.74) is 0.608. The number of ether oxygens (including phenoxy) is 1. The average Bonchev–Trinajstić information content (AvgIpc) is 2.97. The van der Waals surface area contributed by atoms with Crippen LogP contribution in [0.15, 0.2) is 71.6 Å². The van der Waals surface area contributed by atoms with Gasteiger partial charge in [0.05, 0.1) is 17.2 Å². The van der Waals surface area contributed by atoms with Crippen LogP contribution < -0.4 is 14.4 Å². The number of amides is 2. The van der Waals surface area contributed by atoms with Crippen LogP contribution in [0.2, 0.25) is 15.1 Å². The van der Waals surface area contributed by atoms with Crippen LogP contribution in [0, 0.1) is 0 Å². The number of anilines is 1. The Kier molecular flexibility index (Phi) is 12.6. The average molecular weight is 669 g/mol. The molecule has 0 aliphatic rings. The third-order valence-electron chi connectivity index (χ3n) is 6.89. The van der Waals surface area contributed by atoms with Gasteiger partial charge >= 0.3 is 0 Å². The third-order valence-corrected chi connectivity index (χ3v) is 9.63. The molecule has 0 aliphatic carbocycles. The number of rotatable bonds is 14. The number of halogens is 3. The van der Waals surface area contributed by atoms with E-state index in [1.54, 1.807) is 56.3 Å². The van der Waals surface area contributed by atoms with Gasteiger partial charge in [-0.05, 0) is 75.2 Å².